The molecule has 82 valence electrons. The van der Waals surface area contributed by atoms with Crippen LogP contribution in [0.1, 0.15) is 17.3 Å². The van der Waals surface area contributed by atoms with Gasteiger partial charge < -0.3 is 10.5 Å². The number of methoxy groups -OCH3 is 1. The van der Waals surface area contributed by atoms with Gasteiger partial charge in [-0.25, -0.2) is 0 Å². The Kier molecular flexibility index (Phi) is 3.17. The number of benzene rings is 1. The molecule has 0 saturated carbocycles. The standard InChI is InChI=1S/C13H14N2O/c1-16-11-6-4-5-10(9-11)13(14)12-7-2-3-8-15-12/h2-9,13H,14H2,1H3/t13-/m0/s1. The highest BCUT2D eigenvalue weighted by molar-refractivity contribution is 5.34. The molecule has 2 rings (SSSR count). The topological polar surface area (TPSA) is 48.1 Å². The molecule has 3 nitrogen and oxygen atoms in total. The molecule has 3 heteroatoms. The molecule has 0 aliphatic heterocycles. The van der Waals surface area contributed by atoms with Crippen LogP contribution in [0.15, 0.2) is 48.7 Å². The van der Waals surface area contributed by atoms with Gasteiger partial charge in [-0.15, -0.1) is 0 Å². The van der Waals surface area contributed by atoms with Gasteiger partial charge in [0.2, 0.25) is 0 Å². The monoisotopic (exact) mass is 214 g/mol. The molecule has 16 heavy (non-hydrogen) atoms. The van der Waals surface area contributed by atoms with Crippen LogP contribution in [-0.2, 0) is 0 Å². The van der Waals surface area contributed by atoms with E-state index in [1.54, 1.807) is 13.3 Å². The van der Waals surface area contributed by atoms with Gasteiger partial charge in [0.25, 0.3) is 0 Å². The number of hydrogen-bond acceptors (Lipinski definition) is 3. The number of ether oxygens (including phenoxy) is 1. The van der Waals surface area contributed by atoms with Crippen molar-refractivity contribution in [1.29, 1.82) is 0 Å². The molecule has 1 atom stereocenters. The first kappa shape index (κ1) is 10.6. The Morgan fingerprint density at radius 3 is 2.75 bits per heavy atom. The molecular formula is C13H14N2O. The summed E-state index contributed by atoms with van der Waals surface area (Å²) in [6.45, 7) is 0. The summed E-state index contributed by atoms with van der Waals surface area (Å²) in [6, 6.07) is 13.2. The predicted molar refractivity (Wildman–Crippen MR) is 63.3 cm³/mol. The van der Waals surface area contributed by atoms with Crippen molar-refractivity contribution in [2.24, 2.45) is 5.73 Å². The molecule has 0 radical (unpaired) electrons. The Labute approximate surface area is 94.9 Å². The Balaban J connectivity index is 2.30. The summed E-state index contributed by atoms with van der Waals surface area (Å²) < 4.78 is 5.16. The maximum absolute atomic E-state index is 6.12. The van der Waals surface area contributed by atoms with E-state index in [1.165, 1.54) is 0 Å². The quantitative estimate of drug-likeness (QED) is 0.851. The van der Waals surface area contributed by atoms with E-state index in [-0.39, 0.29) is 6.04 Å². The zero-order valence-electron chi connectivity index (χ0n) is 9.13. The second-order valence-electron chi connectivity index (χ2n) is 3.51. The van der Waals surface area contributed by atoms with Crippen LogP contribution >= 0.6 is 0 Å². The number of nitrogens with two attached hydrogens (primary N) is 1. The van der Waals surface area contributed by atoms with E-state index in [4.69, 9.17) is 10.5 Å². The van der Waals surface area contributed by atoms with Gasteiger partial charge in [-0.05, 0) is 29.8 Å². The third kappa shape index (κ3) is 2.20. The molecule has 0 amide bonds. The van der Waals surface area contributed by atoms with Crippen LogP contribution in [0.25, 0.3) is 0 Å². The van der Waals surface area contributed by atoms with Crippen LogP contribution in [0.4, 0.5) is 0 Å². The first-order valence-electron chi connectivity index (χ1n) is 5.11. The van der Waals surface area contributed by atoms with Crippen LogP contribution in [0, 0.1) is 0 Å². The Hall–Kier alpha value is -1.87. The maximum Gasteiger partial charge on any atom is 0.119 e. The van der Waals surface area contributed by atoms with Crippen molar-refractivity contribution < 1.29 is 4.74 Å². The van der Waals surface area contributed by atoms with Crippen LogP contribution in [-0.4, -0.2) is 12.1 Å². The average molecular weight is 214 g/mol. The number of rotatable bonds is 3. The summed E-state index contributed by atoms with van der Waals surface area (Å²) in [5.41, 5.74) is 7.98. The van der Waals surface area contributed by atoms with Gasteiger partial charge in [-0.1, -0.05) is 18.2 Å². The average Bonchev–Trinajstić information content (AvgIpc) is 2.39. The normalized spacial score (nSPS) is 12.1. The number of pyridine rings is 1. The van der Waals surface area contributed by atoms with Crippen molar-refractivity contribution in [2.45, 2.75) is 6.04 Å². The lowest BCUT2D eigenvalue weighted by Gasteiger charge is -2.12. The van der Waals surface area contributed by atoms with Crippen LogP contribution in [0.3, 0.4) is 0 Å². The van der Waals surface area contributed by atoms with Crippen molar-refractivity contribution in [1.82, 2.24) is 4.98 Å². The summed E-state index contributed by atoms with van der Waals surface area (Å²) in [5.74, 6) is 0.809. The van der Waals surface area contributed by atoms with E-state index >= 15 is 0 Å². The fourth-order valence-corrected chi connectivity index (χ4v) is 1.57. The number of aromatic nitrogens is 1. The minimum absolute atomic E-state index is 0.212. The van der Waals surface area contributed by atoms with Gasteiger partial charge in [-0.2, -0.15) is 0 Å². The predicted octanol–water partition coefficient (Wildman–Crippen LogP) is 2.14. The molecule has 0 bridgehead atoms. The maximum atomic E-state index is 6.12. The third-order valence-electron chi connectivity index (χ3n) is 2.46. The van der Waals surface area contributed by atoms with Gasteiger partial charge in [0, 0.05) is 6.20 Å². The molecule has 0 fully saturated rings. The Bertz CT molecular complexity index is 456. The minimum atomic E-state index is -0.212. The molecule has 0 unspecified atom stereocenters. The minimum Gasteiger partial charge on any atom is -0.497 e. The summed E-state index contributed by atoms with van der Waals surface area (Å²) in [6.07, 6.45) is 1.75. The molecule has 0 spiro atoms. The van der Waals surface area contributed by atoms with E-state index < -0.39 is 0 Å². The van der Waals surface area contributed by atoms with Crippen LogP contribution < -0.4 is 10.5 Å². The molecule has 1 aromatic carbocycles. The highest BCUT2D eigenvalue weighted by Crippen LogP contribution is 2.21. The first-order valence-corrected chi connectivity index (χ1v) is 5.11. The lowest BCUT2D eigenvalue weighted by Crippen LogP contribution is -2.13. The van der Waals surface area contributed by atoms with E-state index in [0.717, 1.165) is 17.0 Å². The molecule has 0 saturated heterocycles. The van der Waals surface area contributed by atoms with Crippen LogP contribution in [0.2, 0.25) is 0 Å². The second-order valence-corrected chi connectivity index (χ2v) is 3.51. The van der Waals surface area contributed by atoms with Gasteiger partial charge in [0.1, 0.15) is 5.75 Å². The van der Waals surface area contributed by atoms with E-state index in [9.17, 15) is 0 Å². The summed E-state index contributed by atoms with van der Waals surface area (Å²) in [4.78, 5) is 4.24. The lowest BCUT2D eigenvalue weighted by atomic mass is 10.0. The van der Waals surface area contributed by atoms with Crippen molar-refractivity contribution >= 4 is 0 Å². The Morgan fingerprint density at radius 2 is 2.06 bits per heavy atom. The Morgan fingerprint density at radius 1 is 1.19 bits per heavy atom. The number of hydrogen-bond donors (Lipinski definition) is 1. The van der Waals surface area contributed by atoms with Gasteiger partial charge in [0.15, 0.2) is 0 Å². The van der Waals surface area contributed by atoms with Crippen molar-refractivity contribution in [3.63, 3.8) is 0 Å². The largest absolute Gasteiger partial charge is 0.497 e. The number of nitrogens with zero attached hydrogens (tertiary/aromatic N) is 1. The van der Waals surface area contributed by atoms with Gasteiger partial charge in [0.05, 0.1) is 18.8 Å². The molecule has 1 heterocycles. The SMILES string of the molecule is COc1cccc([C@H](N)c2ccccn2)c1. The third-order valence-corrected chi connectivity index (χ3v) is 2.46. The summed E-state index contributed by atoms with van der Waals surface area (Å²) in [5, 5.41) is 0. The molecule has 2 N–H and O–H groups in total. The fraction of sp³-hybridized carbons (Fsp3) is 0.154. The highest BCUT2D eigenvalue weighted by atomic mass is 16.5. The molecule has 2 aromatic rings. The van der Waals surface area contributed by atoms with E-state index in [2.05, 4.69) is 4.98 Å². The second kappa shape index (κ2) is 4.77. The summed E-state index contributed by atoms with van der Waals surface area (Å²) >= 11 is 0. The smallest absolute Gasteiger partial charge is 0.119 e. The van der Waals surface area contributed by atoms with Crippen LogP contribution in [0.5, 0.6) is 5.75 Å². The molecule has 1 aromatic heterocycles. The lowest BCUT2D eigenvalue weighted by molar-refractivity contribution is 0.414. The van der Waals surface area contributed by atoms with Gasteiger partial charge in [-0.3, -0.25) is 4.98 Å². The molecule has 0 aliphatic carbocycles. The summed E-state index contributed by atoms with van der Waals surface area (Å²) in [7, 11) is 1.64. The van der Waals surface area contributed by atoms with E-state index in [0.29, 0.717) is 0 Å². The zero-order chi connectivity index (χ0) is 11.4. The van der Waals surface area contributed by atoms with Crippen molar-refractivity contribution in [3.05, 3.63) is 59.9 Å². The van der Waals surface area contributed by atoms with E-state index in [1.807, 2.05) is 42.5 Å². The van der Waals surface area contributed by atoms with Gasteiger partial charge >= 0.3 is 0 Å². The highest BCUT2D eigenvalue weighted by Gasteiger charge is 2.09. The zero-order valence-corrected chi connectivity index (χ0v) is 9.13. The molecular weight excluding hydrogens is 200 g/mol. The van der Waals surface area contributed by atoms with Crippen molar-refractivity contribution in [3.8, 4) is 5.75 Å². The first-order chi connectivity index (χ1) is 7.81. The van der Waals surface area contributed by atoms with Crippen molar-refractivity contribution in [2.75, 3.05) is 7.11 Å². The molecule has 0 aliphatic rings. The fourth-order valence-electron chi connectivity index (χ4n) is 1.57.